The van der Waals surface area contributed by atoms with Crippen LogP contribution < -0.4 is 0 Å². The molecule has 0 N–H and O–H groups in total. The molecule has 0 radical (unpaired) electrons. The zero-order chi connectivity index (χ0) is 15.7. The number of nitrogens with zero attached hydrogens (tertiary/aromatic N) is 4. The van der Waals surface area contributed by atoms with E-state index in [1.165, 1.54) is 5.57 Å². The van der Waals surface area contributed by atoms with Crippen molar-refractivity contribution in [2.24, 2.45) is 5.41 Å². The van der Waals surface area contributed by atoms with E-state index in [1.807, 2.05) is 29.2 Å². The zero-order valence-corrected chi connectivity index (χ0v) is 13.4. The largest absolute Gasteiger partial charge is 0.337 e. The third-order valence-corrected chi connectivity index (χ3v) is 4.23. The summed E-state index contributed by atoms with van der Waals surface area (Å²) in [5, 5.41) is 8.18. The Hall–Kier alpha value is -2.17. The van der Waals surface area contributed by atoms with Crippen molar-refractivity contribution in [3.8, 4) is 0 Å². The van der Waals surface area contributed by atoms with Gasteiger partial charge < -0.3 is 4.90 Å². The number of amides is 1. The van der Waals surface area contributed by atoms with Gasteiger partial charge in [-0.3, -0.25) is 4.79 Å². The van der Waals surface area contributed by atoms with Gasteiger partial charge in [0.2, 0.25) is 5.91 Å². The van der Waals surface area contributed by atoms with Gasteiger partial charge in [-0.25, -0.2) is 4.68 Å². The normalized spacial score (nSPS) is 16.0. The van der Waals surface area contributed by atoms with Crippen LogP contribution in [0.2, 0.25) is 0 Å². The van der Waals surface area contributed by atoms with Gasteiger partial charge in [-0.05, 0) is 24.0 Å². The van der Waals surface area contributed by atoms with E-state index in [0.29, 0.717) is 6.54 Å². The van der Waals surface area contributed by atoms with Crippen molar-refractivity contribution in [3.05, 3.63) is 35.9 Å². The summed E-state index contributed by atoms with van der Waals surface area (Å²) in [7, 11) is 0. The van der Waals surface area contributed by atoms with E-state index >= 15 is 0 Å². The molecule has 2 heterocycles. The van der Waals surface area contributed by atoms with Crippen LogP contribution in [0.1, 0.15) is 27.2 Å². The number of hydrogen-bond acceptors (Lipinski definition) is 3. The van der Waals surface area contributed by atoms with Crippen LogP contribution in [-0.4, -0.2) is 38.9 Å². The quantitative estimate of drug-likeness (QED) is 0.801. The van der Waals surface area contributed by atoms with Gasteiger partial charge in [0.05, 0.1) is 5.52 Å². The van der Waals surface area contributed by atoms with Gasteiger partial charge in [0.25, 0.3) is 0 Å². The number of para-hydroxylation sites is 1. The highest BCUT2D eigenvalue weighted by Crippen LogP contribution is 2.30. The van der Waals surface area contributed by atoms with Crippen molar-refractivity contribution < 1.29 is 4.79 Å². The Balaban J connectivity index is 1.70. The highest BCUT2D eigenvalue weighted by molar-refractivity contribution is 5.80. The topological polar surface area (TPSA) is 51.0 Å². The van der Waals surface area contributed by atoms with Crippen molar-refractivity contribution in [2.75, 3.05) is 13.1 Å². The minimum absolute atomic E-state index is 0.0971. The fraction of sp³-hybridized carbons (Fsp3) is 0.471. The monoisotopic (exact) mass is 298 g/mol. The Labute approximate surface area is 130 Å². The standard InChI is InChI=1S/C17H22N4O/c1-17(2,3)13-8-10-20(11-9-13)16(22)12-21-15-7-5-4-6-14(15)18-19-21/h4-8H,9-12H2,1-3H3. The summed E-state index contributed by atoms with van der Waals surface area (Å²) < 4.78 is 1.68. The number of fused-ring (bicyclic) bond motifs is 1. The first-order valence-electron chi connectivity index (χ1n) is 7.71. The van der Waals surface area contributed by atoms with Crippen molar-refractivity contribution in [2.45, 2.75) is 33.7 Å². The highest BCUT2D eigenvalue weighted by Gasteiger charge is 2.24. The van der Waals surface area contributed by atoms with Crippen LogP contribution in [0, 0.1) is 5.41 Å². The molecule has 1 aromatic carbocycles. The van der Waals surface area contributed by atoms with Crippen molar-refractivity contribution in [3.63, 3.8) is 0 Å². The first kappa shape index (κ1) is 14.8. The molecule has 1 aliphatic rings. The van der Waals surface area contributed by atoms with E-state index in [4.69, 9.17) is 0 Å². The lowest BCUT2D eigenvalue weighted by Crippen LogP contribution is -2.38. The predicted octanol–water partition coefficient (Wildman–Crippen LogP) is 2.64. The number of carbonyl (C=O) groups is 1. The zero-order valence-electron chi connectivity index (χ0n) is 13.4. The average molecular weight is 298 g/mol. The summed E-state index contributed by atoms with van der Waals surface area (Å²) in [4.78, 5) is 14.4. The molecule has 0 saturated heterocycles. The molecule has 0 fully saturated rings. The van der Waals surface area contributed by atoms with Crippen LogP contribution >= 0.6 is 0 Å². The molecule has 0 atom stereocenters. The molecule has 0 bridgehead atoms. The Morgan fingerprint density at radius 3 is 2.73 bits per heavy atom. The molecule has 3 rings (SSSR count). The second-order valence-corrected chi connectivity index (χ2v) is 6.80. The number of benzene rings is 1. The highest BCUT2D eigenvalue weighted by atomic mass is 16.2. The minimum Gasteiger partial charge on any atom is -0.337 e. The van der Waals surface area contributed by atoms with Crippen LogP contribution in [0.15, 0.2) is 35.9 Å². The maximum atomic E-state index is 12.5. The maximum Gasteiger partial charge on any atom is 0.244 e. The average Bonchev–Trinajstić information content (AvgIpc) is 2.90. The van der Waals surface area contributed by atoms with Crippen LogP contribution in [0.5, 0.6) is 0 Å². The Bertz CT molecular complexity index is 724. The van der Waals surface area contributed by atoms with Gasteiger partial charge in [-0.15, -0.1) is 5.10 Å². The van der Waals surface area contributed by atoms with E-state index in [-0.39, 0.29) is 17.9 Å². The first-order chi connectivity index (χ1) is 10.4. The van der Waals surface area contributed by atoms with E-state index in [1.54, 1.807) is 4.68 Å². The Morgan fingerprint density at radius 1 is 1.27 bits per heavy atom. The third-order valence-electron chi connectivity index (χ3n) is 4.23. The van der Waals surface area contributed by atoms with E-state index in [0.717, 1.165) is 24.0 Å². The maximum absolute atomic E-state index is 12.5. The molecule has 2 aromatic rings. The van der Waals surface area contributed by atoms with Crippen LogP contribution in [-0.2, 0) is 11.3 Å². The van der Waals surface area contributed by atoms with Gasteiger partial charge in [0.15, 0.2) is 0 Å². The van der Waals surface area contributed by atoms with Gasteiger partial charge in [0, 0.05) is 13.1 Å². The SMILES string of the molecule is CC(C)(C)C1=CCN(C(=O)Cn2nnc3ccccc32)CC1. The van der Waals surface area contributed by atoms with Crippen molar-refractivity contribution >= 4 is 16.9 Å². The molecule has 0 saturated carbocycles. The van der Waals surface area contributed by atoms with Crippen LogP contribution in [0.25, 0.3) is 11.0 Å². The fourth-order valence-electron chi connectivity index (χ4n) is 2.84. The third kappa shape index (κ3) is 2.89. The molecule has 0 spiro atoms. The molecule has 116 valence electrons. The first-order valence-corrected chi connectivity index (χ1v) is 7.71. The molecule has 0 unspecified atom stereocenters. The van der Waals surface area contributed by atoms with Crippen LogP contribution in [0.4, 0.5) is 0 Å². The van der Waals surface area contributed by atoms with Gasteiger partial charge in [0.1, 0.15) is 12.1 Å². The number of carbonyl (C=O) groups excluding carboxylic acids is 1. The summed E-state index contributed by atoms with van der Waals surface area (Å²) in [5.74, 6) is 0.0971. The summed E-state index contributed by atoms with van der Waals surface area (Å²) in [6.07, 6.45) is 3.15. The predicted molar refractivity (Wildman–Crippen MR) is 86.3 cm³/mol. The second-order valence-electron chi connectivity index (χ2n) is 6.80. The van der Waals surface area contributed by atoms with Gasteiger partial charge >= 0.3 is 0 Å². The van der Waals surface area contributed by atoms with Crippen LogP contribution in [0.3, 0.4) is 0 Å². The molecule has 0 aliphatic carbocycles. The molecule has 1 aliphatic heterocycles. The van der Waals surface area contributed by atoms with E-state index in [2.05, 4.69) is 37.2 Å². The molecule has 1 amide bonds. The molecule has 1 aromatic heterocycles. The molecular formula is C17H22N4O. The second kappa shape index (κ2) is 5.55. The number of hydrogen-bond donors (Lipinski definition) is 0. The van der Waals surface area contributed by atoms with Crippen molar-refractivity contribution in [1.82, 2.24) is 19.9 Å². The summed E-state index contributed by atoms with van der Waals surface area (Å²) in [6, 6.07) is 7.71. The Morgan fingerprint density at radius 2 is 2.05 bits per heavy atom. The Kier molecular flexibility index (Phi) is 3.72. The number of rotatable bonds is 2. The number of aromatic nitrogens is 3. The lowest BCUT2D eigenvalue weighted by molar-refractivity contribution is -0.131. The summed E-state index contributed by atoms with van der Waals surface area (Å²) in [5.41, 5.74) is 3.35. The molecule has 5 heteroatoms. The summed E-state index contributed by atoms with van der Waals surface area (Å²) in [6.45, 7) is 8.39. The van der Waals surface area contributed by atoms with E-state index < -0.39 is 0 Å². The molecular weight excluding hydrogens is 276 g/mol. The minimum atomic E-state index is 0.0971. The van der Waals surface area contributed by atoms with Gasteiger partial charge in [-0.2, -0.15) is 0 Å². The van der Waals surface area contributed by atoms with Gasteiger partial charge in [-0.1, -0.05) is 49.8 Å². The summed E-state index contributed by atoms with van der Waals surface area (Å²) >= 11 is 0. The van der Waals surface area contributed by atoms with Crippen molar-refractivity contribution in [1.29, 1.82) is 0 Å². The smallest absolute Gasteiger partial charge is 0.244 e. The fourth-order valence-corrected chi connectivity index (χ4v) is 2.84. The molecule has 5 nitrogen and oxygen atoms in total. The lowest BCUT2D eigenvalue weighted by Gasteiger charge is -2.32. The molecule has 22 heavy (non-hydrogen) atoms. The lowest BCUT2D eigenvalue weighted by atomic mass is 9.83. The van der Waals surface area contributed by atoms with E-state index in [9.17, 15) is 4.79 Å².